The lowest BCUT2D eigenvalue weighted by molar-refractivity contribution is 0.182. The van der Waals surface area contributed by atoms with Crippen molar-refractivity contribution in [3.8, 4) is 0 Å². The summed E-state index contributed by atoms with van der Waals surface area (Å²) in [6.07, 6.45) is 6.68. The van der Waals surface area contributed by atoms with Crippen LogP contribution in [0.15, 0.2) is 24.7 Å². The van der Waals surface area contributed by atoms with Crippen LogP contribution in [-0.2, 0) is 11.3 Å². The van der Waals surface area contributed by atoms with E-state index in [2.05, 4.69) is 14.8 Å². The number of fused-ring (bicyclic) bond motifs is 1. The molecule has 78 valence electrons. The molecule has 1 fully saturated rings. The Morgan fingerprint density at radius 2 is 2.47 bits per heavy atom. The van der Waals surface area contributed by atoms with E-state index in [1.165, 1.54) is 0 Å². The maximum absolute atomic E-state index is 5.36. The fourth-order valence-electron chi connectivity index (χ4n) is 2.05. The Morgan fingerprint density at radius 1 is 1.47 bits per heavy atom. The van der Waals surface area contributed by atoms with Crippen molar-refractivity contribution in [3.05, 3.63) is 24.7 Å². The molecule has 4 heteroatoms. The van der Waals surface area contributed by atoms with E-state index >= 15 is 0 Å². The Bertz CT molecular complexity index is 460. The van der Waals surface area contributed by atoms with Crippen LogP contribution in [0.5, 0.6) is 0 Å². The zero-order valence-electron chi connectivity index (χ0n) is 8.47. The molecule has 1 unspecified atom stereocenters. The van der Waals surface area contributed by atoms with E-state index in [0.29, 0.717) is 5.92 Å². The summed E-state index contributed by atoms with van der Waals surface area (Å²) in [6, 6.07) is 2.01. The SMILES string of the molecule is c1cc2c(cn1)cnn2CC1CCOC1. The van der Waals surface area contributed by atoms with Crippen molar-refractivity contribution in [1.82, 2.24) is 14.8 Å². The Balaban J connectivity index is 1.90. The lowest BCUT2D eigenvalue weighted by atomic mass is 10.1. The summed E-state index contributed by atoms with van der Waals surface area (Å²) in [5.74, 6) is 0.612. The van der Waals surface area contributed by atoms with Crippen molar-refractivity contribution < 1.29 is 4.74 Å². The monoisotopic (exact) mass is 203 g/mol. The molecule has 0 N–H and O–H groups in total. The van der Waals surface area contributed by atoms with Crippen molar-refractivity contribution in [2.24, 2.45) is 5.92 Å². The highest BCUT2D eigenvalue weighted by molar-refractivity contribution is 5.77. The number of rotatable bonds is 2. The molecule has 0 radical (unpaired) electrons. The summed E-state index contributed by atoms with van der Waals surface area (Å²) in [5, 5.41) is 5.49. The zero-order valence-corrected chi connectivity index (χ0v) is 8.47. The first-order valence-electron chi connectivity index (χ1n) is 5.27. The third-order valence-electron chi connectivity index (χ3n) is 2.90. The predicted octanol–water partition coefficient (Wildman–Crippen LogP) is 1.47. The van der Waals surface area contributed by atoms with E-state index in [4.69, 9.17) is 4.74 Å². The van der Waals surface area contributed by atoms with Crippen LogP contribution in [-0.4, -0.2) is 28.0 Å². The molecular formula is C11H13N3O. The van der Waals surface area contributed by atoms with Gasteiger partial charge in [0.15, 0.2) is 0 Å². The molecule has 0 spiro atoms. The van der Waals surface area contributed by atoms with Crippen LogP contribution < -0.4 is 0 Å². The van der Waals surface area contributed by atoms with Gasteiger partial charge in [0.25, 0.3) is 0 Å². The highest BCUT2D eigenvalue weighted by Crippen LogP contribution is 2.18. The Labute approximate surface area is 87.9 Å². The fraction of sp³-hybridized carbons (Fsp3) is 0.455. The van der Waals surface area contributed by atoms with Gasteiger partial charge >= 0.3 is 0 Å². The average Bonchev–Trinajstić information content (AvgIpc) is 2.89. The summed E-state index contributed by atoms with van der Waals surface area (Å²) in [7, 11) is 0. The Morgan fingerprint density at radius 3 is 3.33 bits per heavy atom. The van der Waals surface area contributed by atoms with Gasteiger partial charge in [-0.25, -0.2) is 0 Å². The third kappa shape index (κ3) is 1.61. The summed E-state index contributed by atoms with van der Waals surface area (Å²) in [6.45, 7) is 2.71. The largest absolute Gasteiger partial charge is 0.381 e. The zero-order chi connectivity index (χ0) is 10.1. The van der Waals surface area contributed by atoms with Crippen molar-refractivity contribution in [1.29, 1.82) is 0 Å². The van der Waals surface area contributed by atoms with Crippen molar-refractivity contribution in [2.45, 2.75) is 13.0 Å². The predicted molar refractivity (Wildman–Crippen MR) is 56.5 cm³/mol. The van der Waals surface area contributed by atoms with Gasteiger partial charge in [-0.15, -0.1) is 0 Å². The molecule has 1 saturated heterocycles. The quantitative estimate of drug-likeness (QED) is 0.742. The Kier molecular flexibility index (Phi) is 2.14. The number of ether oxygens (including phenoxy) is 1. The number of pyridine rings is 1. The molecular weight excluding hydrogens is 190 g/mol. The number of hydrogen-bond acceptors (Lipinski definition) is 3. The van der Waals surface area contributed by atoms with Gasteiger partial charge in [-0.1, -0.05) is 0 Å². The first-order valence-corrected chi connectivity index (χ1v) is 5.27. The highest BCUT2D eigenvalue weighted by atomic mass is 16.5. The van der Waals surface area contributed by atoms with Gasteiger partial charge in [0, 0.05) is 36.8 Å². The van der Waals surface area contributed by atoms with Gasteiger partial charge in [0.05, 0.1) is 18.3 Å². The van der Waals surface area contributed by atoms with Gasteiger partial charge in [-0.05, 0) is 12.5 Å². The molecule has 0 saturated carbocycles. The van der Waals surface area contributed by atoms with E-state index in [-0.39, 0.29) is 0 Å². The molecule has 0 aliphatic carbocycles. The standard InChI is InChI=1S/C11H13N3O/c1-3-12-5-10-6-13-14(11(1)10)7-9-2-4-15-8-9/h1,3,5-6,9H,2,4,7-8H2. The second-order valence-electron chi connectivity index (χ2n) is 3.99. The summed E-state index contributed by atoms with van der Waals surface area (Å²) in [4.78, 5) is 4.08. The normalized spacial score (nSPS) is 21.2. The summed E-state index contributed by atoms with van der Waals surface area (Å²) >= 11 is 0. The minimum Gasteiger partial charge on any atom is -0.381 e. The number of nitrogens with zero attached hydrogens (tertiary/aromatic N) is 3. The molecule has 2 aromatic rings. The van der Waals surface area contributed by atoms with Crippen LogP contribution >= 0.6 is 0 Å². The molecule has 1 aliphatic rings. The Hall–Kier alpha value is -1.42. The van der Waals surface area contributed by atoms with Crippen LogP contribution in [0.1, 0.15) is 6.42 Å². The van der Waals surface area contributed by atoms with Crippen molar-refractivity contribution >= 4 is 10.9 Å². The lowest BCUT2D eigenvalue weighted by Crippen LogP contribution is -2.11. The van der Waals surface area contributed by atoms with Gasteiger partial charge in [0.2, 0.25) is 0 Å². The van der Waals surface area contributed by atoms with Crippen molar-refractivity contribution in [2.75, 3.05) is 13.2 Å². The van der Waals surface area contributed by atoms with E-state index in [1.807, 2.05) is 24.7 Å². The first-order chi connectivity index (χ1) is 7.43. The first kappa shape index (κ1) is 8.85. The molecule has 15 heavy (non-hydrogen) atoms. The van der Waals surface area contributed by atoms with Gasteiger partial charge in [-0.2, -0.15) is 5.10 Å². The second-order valence-corrected chi connectivity index (χ2v) is 3.99. The minimum atomic E-state index is 0.612. The maximum Gasteiger partial charge on any atom is 0.0713 e. The molecule has 4 nitrogen and oxygen atoms in total. The summed E-state index contributed by atoms with van der Waals surface area (Å²) < 4.78 is 7.42. The van der Waals surface area contributed by atoms with Crippen LogP contribution in [0.3, 0.4) is 0 Å². The lowest BCUT2D eigenvalue weighted by Gasteiger charge is -2.08. The smallest absolute Gasteiger partial charge is 0.0713 e. The minimum absolute atomic E-state index is 0.612. The molecule has 3 rings (SSSR count). The van der Waals surface area contributed by atoms with Crippen LogP contribution in [0.4, 0.5) is 0 Å². The van der Waals surface area contributed by atoms with Crippen LogP contribution in [0.25, 0.3) is 10.9 Å². The van der Waals surface area contributed by atoms with Crippen LogP contribution in [0.2, 0.25) is 0 Å². The van der Waals surface area contributed by atoms with Gasteiger partial charge < -0.3 is 4.74 Å². The van der Waals surface area contributed by atoms with Crippen LogP contribution in [0, 0.1) is 5.92 Å². The number of hydrogen-bond donors (Lipinski definition) is 0. The topological polar surface area (TPSA) is 39.9 Å². The average molecular weight is 203 g/mol. The molecule has 0 aromatic carbocycles. The molecule has 3 heterocycles. The van der Waals surface area contributed by atoms with E-state index in [0.717, 1.165) is 37.1 Å². The fourth-order valence-corrected chi connectivity index (χ4v) is 2.05. The molecule has 1 atom stereocenters. The summed E-state index contributed by atoms with van der Waals surface area (Å²) in [5.41, 5.74) is 1.16. The van der Waals surface area contributed by atoms with Crippen molar-refractivity contribution in [3.63, 3.8) is 0 Å². The maximum atomic E-state index is 5.36. The molecule has 0 bridgehead atoms. The van der Waals surface area contributed by atoms with Gasteiger partial charge in [-0.3, -0.25) is 9.67 Å². The van der Waals surface area contributed by atoms with E-state index in [9.17, 15) is 0 Å². The molecule has 0 amide bonds. The van der Waals surface area contributed by atoms with E-state index in [1.54, 1.807) is 0 Å². The second kappa shape index (κ2) is 3.62. The molecule has 2 aromatic heterocycles. The highest BCUT2D eigenvalue weighted by Gasteiger charge is 2.17. The third-order valence-corrected chi connectivity index (χ3v) is 2.90. The molecule has 1 aliphatic heterocycles. The van der Waals surface area contributed by atoms with Gasteiger partial charge in [0.1, 0.15) is 0 Å². The van der Waals surface area contributed by atoms with E-state index < -0.39 is 0 Å². The number of aromatic nitrogens is 3.